The molecule has 0 aliphatic carbocycles. The average Bonchev–Trinajstić information content (AvgIpc) is 2.62. The Balaban J connectivity index is 0.000000582. The lowest BCUT2D eigenvalue weighted by atomic mass is 10.1. The Hall–Kier alpha value is -0.503. The number of nitrogens with zero attached hydrogens (tertiary/aromatic N) is 2. The average molecular weight is 529 g/mol. The first kappa shape index (κ1) is 30.5. The largest absolute Gasteiger partial charge is 0.505 e. The third kappa shape index (κ3) is 9.10. The van der Waals surface area contributed by atoms with Gasteiger partial charge in [-0.3, -0.25) is 0 Å². The lowest BCUT2D eigenvalue weighted by Gasteiger charge is -2.39. The zero-order valence-electron chi connectivity index (χ0n) is 17.3. The second kappa shape index (κ2) is 11.1. The molecule has 0 radical (unpaired) electrons. The Morgan fingerprint density at radius 1 is 0.806 bits per heavy atom. The van der Waals surface area contributed by atoms with Crippen LogP contribution in [0.25, 0.3) is 4.13 Å². The van der Waals surface area contributed by atoms with Gasteiger partial charge in [-0.1, -0.05) is 0 Å². The topological polar surface area (TPSA) is 110 Å². The Morgan fingerprint density at radius 3 is 1.45 bits per heavy atom. The fraction of sp³-hybridized carbons (Fsp3) is 1.00. The third-order valence-corrected chi connectivity index (χ3v) is 10.0. The van der Waals surface area contributed by atoms with E-state index in [4.69, 9.17) is 13.3 Å². The van der Waals surface area contributed by atoms with Gasteiger partial charge in [-0.25, -0.2) is 16.8 Å². The van der Waals surface area contributed by atoms with Crippen LogP contribution >= 0.6 is 0 Å². The molecular weight excluding hydrogens is 502 g/mol. The van der Waals surface area contributed by atoms with Crippen molar-refractivity contribution in [2.24, 2.45) is 0 Å². The fourth-order valence-electron chi connectivity index (χ4n) is 2.68. The van der Waals surface area contributed by atoms with Crippen LogP contribution < -0.4 is 0 Å². The molecule has 0 unspecified atom stereocenters. The van der Waals surface area contributed by atoms with Crippen LogP contribution in [0.15, 0.2) is 0 Å². The second-order valence-electron chi connectivity index (χ2n) is 6.81. The van der Waals surface area contributed by atoms with Crippen LogP contribution in [0.5, 0.6) is 0 Å². The van der Waals surface area contributed by atoms with Gasteiger partial charge in [-0.2, -0.15) is 26.3 Å². The van der Waals surface area contributed by atoms with Crippen molar-refractivity contribution in [2.45, 2.75) is 36.3 Å². The molecule has 1 saturated heterocycles. The van der Waals surface area contributed by atoms with Crippen molar-refractivity contribution in [2.75, 3.05) is 48.0 Å². The lowest BCUT2D eigenvalue weighted by Crippen LogP contribution is -2.53. The quantitative estimate of drug-likeness (QED) is 0.271. The lowest BCUT2D eigenvalue weighted by molar-refractivity contribution is -0.912. The molecule has 1 aliphatic rings. The summed E-state index contributed by atoms with van der Waals surface area (Å²) in [6, 6.07) is 0.910. The highest BCUT2D eigenvalue weighted by atomic mass is 32.3. The van der Waals surface area contributed by atoms with Crippen LogP contribution in [-0.4, -0.2) is 89.2 Å². The predicted octanol–water partition coefficient (Wildman–Crippen LogP) is 2.55. The highest BCUT2D eigenvalue weighted by Crippen LogP contribution is 2.36. The maximum absolute atomic E-state index is 11.4. The van der Waals surface area contributed by atoms with Gasteiger partial charge >= 0.3 is 19.8 Å². The smallest absolute Gasteiger partial charge is 0.421 e. The van der Waals surface area contributed by atoms with E-state index in [2.05, 4.69) is 7.05 Å². The molecule has 1 aliphatic heterocycles. The van der Waals surface area contributed by atoms with Gasteiger partial charge in [0.2, 0.25) is 0 Å². The normalized spacial score (nSPS) is 18.3. The first-order valence-corrected chi connectivity index (χ1v) is 13.5. The fourth-order valence-corrected chi connectivity index (χ4v) is 6.31. The number of likely N-dealkylation sites (tertiary alicyclic amines) is 1. The van der Waals surface area contributed by atoms with Gasteiger partial charge in [0.1, 0.15) is 0 Å². The van der Waals surface area contributed by atoms with E-state index in [1.807, 2.05) is 0 Å². The van der Waals surface area contributed by atoms with Gasteiger partial charge in [0.05, 0.1) is 32.7 Å². The number of quaternary nitrogens is 1. The maximum atomic E-state index is 11.4. The standard InChI is InChI=1S/C11H26NO3Si.C2F6NO4S2/c1-12(8-6-5-7-9-12)10-11-16(13-2,14-3)15-4;3-1(4,5)14(10,11)9-15(12,13)2(6,7)8/h5-11H2,1-4H3;/q+1;-1. The van der Waals surface area contributed by atoms with Crippen LogP contribution in [0.3, 0.4) is 0 Å². The molecule has 0 aromatic rings. The molecule has 1 fully saturated rings. The van der Waals surface area contributed by atoms with E-state index in [1.54, 1.807) is 21.3 Å². The Kier molecular flexibility index (Phi) is 10.9. The van der Waals surface area contributed by atoms with Crippen molar-refractivity contribution in [3.05, 3.63) is 4.13 Å². The van der Waals surface area contributed by atoms with Crippen LogP contribution in [0.2, 0.25) is 6.04 Å². The van der Waals surface area contributed by atoms with Crippen LogP contribution in [0.4, 0.5) is 26.3 Å². The number of halogens is 6. The minimum atomic E-state index is -6.72. The summed E-state index contributed by atoms with van der Waals surface area (Å²) in [5, 5.41) is 0. The first-order chi connectivity index (χ1) is 13.8. The summed E-state index contributed by atoms with van der Waals surface area (Å²) >= 11 is 0. The maximum Gasteiger partial charge on any atom is 0.505 e. The molecular formula is C13H26F6N2O7S2Si. The summed E-state index contributed by atoms with van der Waals surface area (Å²) in [4.78, 5) is 0. The van der Waals surface area contributed by atoms with Crippen LogP contribution in [-0.2, 0) is 33.3 Å². The second-order valence-corrected chi connectivity index (χ2v) is 13.3. The molecule has 0 N–H and O–H groups in total. The molecule has 0 aromatic heterocycles. The van der Waals surface area contributed by atoms with Crippen molar-refractivity contribution < 1.29 is 60.9 Å². The van der Waals surface area contributed by atoms with Gasteiger partial charge in [0, 0.05) is 21.3 Å². The van der Waals surface area contributed by atoms with E-state index in [9.17, 15) is 43.2 Å². The minimum Gasteiger partial charge on any atom is -0.421 e. The molecule has 0 amide bonds. The molecule has 31 heavy (non-hydrogen) atoms. The number of alkyl halides is 6. The Morgan fingerprint density at radius 2 is 1.16 bits per heavy atom. The number of piperidine rings is 1. The van der Waals surface area contributed by atoms with Crippen molar-refractivity contribution in [3.8, 4) is 0 Å². The van der Waals surface area contributed by atoms with Gasteiger partial charge in [-0.05, 0) is 19.3 Å². The highest BCUT2D eigenvalue weighted by molar-refractivity contribution is 8.13. The molecule has 18 heteroatoms. The number of hydrogen-bond donors (Lipinski definition) is 0. The van der Waals surface area contributed by atoms with E-state index in [-0.39, 0.29) is 0 Å². The summed E-state index contributed by atoms with van der Waals surface area (Å²) in [5.41, 5.74) is -12.4. The minimum absolute atomic E-state index is 0.778. The van der Waals surface area contributed by atoms with E-state index < -0.39 is 39.9 Å². The summed E-state index contributed by atoms with van der Waals surface area (Å²) < 4.78 is 127. The first-order valence-electron chi connectivity index (χ1n) is 8.66. The number of hydrogen-bond acceptors (Lipinski definition) is 7. The molecule has 0 spiro atoms. The van der Waals surface area contributed by atoms with Crippen molar-refractivity contribution in [1.29, 1.82) is 0 Å². The third-order valence-electron chi connectivity index (χ3n) is 4.57. The monoisotopic (exact) mass is 528 g/mol. The summed E-state index contributed by atoms with van der Waals surface area (Å²) in [6.45, 7) is 3.66. The molecule has 0 aromatic carbocycles. The molecule has 9 nitrogen and oxygen atoms in total. The van der Waals surface area contributed by atoms with Crippen molar-refractivity contribution in [3.63, 3.8) is 0 Å². The Bertz CT molecular complexity index is 714. The molecule has 1 rings (SSSR count). The van der Waals surface area contributed by atoms with E-state index in [0.29, 0.717) is 0 Å². The van der Waals surface area contributed by atoms with E-state index in [0.717, 1.165) is 21.2 Å². The van der Waals surface area contributed by atoms with Crippen molar-refractivity contribution >= 4 is 28.9 Å². The SMILES string of the molecule is CO[Si](CC[N+]1(C)CCCCC1)(OC)OC.O=S(=O)([N-]S(=O)(=O)C(F)(F)F)C(F)(F)F. The summed E-state index contributed by atoms with van der Waals surface area (Å²) in [7, 11) is -8.40. The molecule has 188 valence electrons. The van der Waals surface area contributed by atoms with E-state index >= 15 is 0 Å². The summed E-state index contributed by atoms with van der Waals surface area (Å²) in [5.74, 6) is 0. The Labute approximate surface area is 178 Å². The van der Waals surface area contributed by atoms with Crippen molar-refractivity contribution in [1.82, 2.24) is 0 Å². The van der Waals surface area contributed by atoms with Gasteiger partial charge in [0.25, 0.3) is 0 Å². The molecule has 0 saturated carbocycles. The molecule has 0 atom stereocenters. The predicted molar refractivity (Wildman–Crippen MR) is 99.5 cm³/mol. The van der Waals surface area contributed by atoms with Crippen LogP contribution in [0.1, 0.15) is 19.3 Å². The molecule has 1 heterocycles. The zero-order valence-corrected chi connectivity index (χ0v) is 19.9. The van der Waals surface area contributed by atoms with Gasteiger partial charge in [-0.15, -0.1) is 0 Å². The van der Waals surface area contributed by atoms with Crippen LogP contribution in [0, 0.1) is 0 Å². The summed E-state index contributed by atoms with van der Waals surface area (Å²) in [6.07, 6.45) is 4.07. The van der Waals surface area contributed by atoms with Gasteiger partial charge < -0.3 is 21.9 Å². The number of sulfonamides is 2. The van der Waals surface area contributed by atoms with Gasteiger partial charge in [0.15, 0.2) is 20.0 Å². The molecule has 0 bridgehead atoms. The highest BCUT2D eigenvalue weighted by Gasteiger charge is 2.47. The zero-order chi connectivity index (χ0) is 24.8. The number of rotatable bonds is 8. The van der Waals surface area contributed by atoms with E-state index in [1.165, 1.54) is 32.4 Å².